The van der Waals surface area contributed by atoms with E-state index in [1.807, 2.05) is 24.3 Å². The number of aromatic nitrogens is 2. The van der Waals surface area contributed by atoms with E-state index in [9.17, 15) is 18.4 Å². The molecule has 3 aromatic rings. The Balaban J connectivity index is 1.65. The number of fused-ring (bicyclic) bond motifs is 1. The second-order valence-electron chi connectivity index (χ2n) is 8.85. The molecule has 0 spiro atoms. The van der Waals surface area contributed by atoms with Gasteiger partial charge in [-0.15, -0.1) is 0 Å². The van der Waals surface area contributed by atoms with E-state index in [1.54, 1.807) is 6.07 Å². The first kappa shape index (κ1) is 26.7. The number of amides is 2. The SMILES string of the molecule is CONC(=O)c1ccc(Nc2ncc(C(C)(F)F)c(NC3Cc4ccccc4C3NC(C)=O)n2)c(OC)c1. The fraction of sp³-hybridized carbons (Fsp3) is 0.308. The van der Waals surface area contributed by atoms with E-state index in [2.05, 4.69) is 36.2 Å². The topological polar surface area (TPSA) is 126 Å². The molecule has 0 saturated carbocycles. The van der Waals surface area contributed by atoms with Gasteiger partial charge >= 0.3 is 0 Å². The molecule has 1 aliphatic carbocycles. The first-order chi connectivity index (χ1) is 18.1. The molecule has 4 rings (SSSR count). The van der Waals surface area contributed by atoms with Crippen LogP contribution in [-0.2, 0) is 22.0 Å². The van der Waals surface area contributed by atoms with E-state index in [0.717, 1.165) is 24.2 Å². The number of rotatable bonds is 9. The quantitative estimate of drug-likeness (QED) is 0.310. The Morgan fingerprint density at radius 1 is 1.13 bits per heavy atom. The van der Waals surface area contributed by atoms with Crippen molar-refractivity contribution in [2.24, 2.45) is 0 Å². The fourth-order valence-electron chi connectivity index (χ4n) is 4.38. The number of halogens is 2. The molecular weight excluding hydrogens is 498 g/mol. The maximum atomic E-state index is 14.5. The number of nitrogens with one attached hydrogen (secondary N) is 4. The molecule has 0 fully saturated rings. The summed E-state index contributed by atoms with van der Waals surface area (Å²) in [4.78, 5) is 37.1. The molecule has 1 aliphatic rings. The average molecular weight is 527 g/mol. The van der Waals surface area contributed by atoms with Crippen LogP contribution in [0.25, 0.3) is 0 Å². The molecule has 10 nitrogen and oxygen atoms in total. The molecule has 0 saturated heterocycles. The lowest BCUT2D eigenvalue weighted by atomic mass is 10.1. The van der Waals surface area contributed by atoms with Crippen molar-refractivity contribution in [3.05, 3.63) is 70.9 Å². The minimum atomic E-state index is -3.23. The maximum Gasteiger partial charge on any atom is 0.275 e. The average Bonchev–Trinajstić information content (AvgIpc) is 3.20. The summed E-state index contributed by atoms with van der Waals surface area (Å²) in [6, 6.07) is 11.3. The summed E-state index contributed by atoms with van der Waals surface area (Å²) in [5, 5.41) is 9.00. The number of alkyl halides is 2. The smallest absolute Gasteiger partial charge is 0.275 e. The van der Waals surface area contributed by atoms with Gasteiger partial charge in [-0.1, -0.05) is 24.3 Å². The van der Waals surface area contributed by atoms with Gasteiger partial charge in [-0.2, -0.15) is 4.98 Å². The number of ether oxygens (including phenoxy) is 1. The van der Waals surface area contributed by atoms with E-state index in [-0.39, 0.29) is 28.8 Å². The third-order valence-corrected chi connectivity index (χ3v) is 6.08. The Labute approximate surface area is 218 Å². The lowest BCUT2D eigenvalue weighted by Gasteiger charge is -2.25. The molecular formula is C26H28F2N6O4. The van der Waals surface area contributed by atoms with Crippen LogP contribution < -0.4 is 26.2 Å². The number of hydrogen-bond acceptors (Lipinski definition) is 8. The third-order valence-electron chi connectivity index (χ3n) is 6.08. The standard InChI is InChI=1S/C26H28F2N6O4/c1-14(35)30-22-17-8-6-5-7-15(17)11-20(22)31-23-18(26(2,27)28)13-29-25(33-23)32-19-10-9-16(12-21(19)37-3)24(36)34-38-4/h5-10,12-13,20,22H,11H2,1-4H3,(H,30,35)(H,34,36)(H2,29,31,32,33). The molecule has 0 aliphatic heterocycles. The Kier molecular flexibility index (Phi) is 7.72. The van der Waals surface area contributed by atoms with Crippen LogP contribution in [0.2, 0.25) is 0 Å². The van der Waals surface area contributed by atoms with Crippen molar-refractivity contribution in [2.75, 3.05) is 24.9 Å². The van der Waals surface area contributed by atoms with Crippen LogP contribution in [0.5, 0.6) is 5.75 Å². The Bertz CT molecular complexity index is 1350. The summed E-state index contributed by atoms with van der Waals surface area (Å²) in [7, 11) is 2.74. The largest absolute Gasteiger partial charge is 0.495 e. The third kappa shape index (κ3) is 5.80. The lowest BCUT2D eigenvalue weighted by molar-refractivity contribution is -0.119. The molecule has 0 radical (unpaired) electrons. The van der Waals surface area contributed by atoms with Crippen LogP contribution in [0.4, 0.5) is 26.2 Å². The van der Waals surface area contributed by atoms with Crippen molar-refractivity contribution < 1.29 is 27.9 Å². The van der Waals surface area contributed by atoms with Gasteiger partial charge in [0.2, 0.25) is 11.9 Å². The van der Waals surface area contributed by atoms with Gasteiger partial charge in [0.05, 0.1) is 37.6 Å². The summed E-state index contributed by atoms with van der Waals surface area (Å²) >= 11 is 0. The van der Waals surface area contributed by atoms with Gasteiger partial charge in [0.1, 0.15) is 11.6 Å². The van der Waals surface area contributed by atoms with Crippen LogP contribution in [0.15, 0.2) is 48.7 Å². The van der Waals surface area contributed by atoms with Gasteiger partial charge in [-0.25, -0.2) is 19.2 Å². The molecule has 1 heterocycles. The second-order valence-corrected chi connectivity index (χ2v) is 8.85. The first-order valence-electron chi connectivity index (χ1n) is 11.8. The van der Waals surface area contributed by atoms with Crippen LogP contribution in [-0.4, -0.2) is 42.0 Å². The molecule has 4 N–H and O–H groups in total. The summed E-state index contributed by atoms with van der Waals surface area (Å²) < 4.78 is 34.5. The van der Waals surface area contributed by atoms with Gasteiger partial charge in [0.15, 0.2) is 0 Å². The molecule has 200 valence electrons. The predicted octanol–water partition coefficient (Wildman–Crippen LogP) is 3.85. The highest BCUT2D eigenvalue weighted by Gasteiger charge is 2.36. The Hall–Kier alpha value is -4.32. The Morgan fingerprint density at radius 3 is 2.58 bits per heavy atom. The van der Waals surface area contributed by atoms with Crippen LogP contribution >= 0.6 is 0 Å². The first-order valence-corrected chi connectivity index (χ1v) is 11.8. The van der Waals surface area contributed by atoms with E-state index in [4.69, 9.17) is 4.74 Å². The van der Waals surface area contributed by atoms with Gasteiger partial charge in [-0.3, -0.25) is 14.4 Å². The zero-order chi connectivity index (χ0) is 27.4. The van der Waals surface area contributed by atoms with Crippen molar-refractivity contribution in [3.63, 3.8) is 0 Å². The predicted molar refractivity (Wildman–Crippen MR) is 136 cm³/mol. The minimum Gasteiger partial charge on any atom is -0.495 e. The summed E-state index contributed by atoms with van der Waals surface area (Å²) in [6.07, 6.45) is 1.56. The molecule has 2 atom stereocenters. The number of methoxy groups -OCH3 is 1. The van der Waals surface area contributed by atoms with Crippen molar-refractivity contribution in [1.29, 1.82) is 0 Å². The van der Waals surface area contributed by atoms with Crippen molar-refractivity contribution in [3.8, 4) is 5.75 Å². The van der Waals surface area contributed by atoms with Crippen molar-refractivity contribution in [2.45, 2.75) is 38.3 Å². The second kappa shape index (κ2) is 11.0. The molecule has 1 aromatic heterocycles. The highest BCUT2D eigenvalue weighted by Crippen LogP contribution is 2.37. The number of nitrogens with zero attached hydrogens (tertiary/aromatic N) is 2. The van der Waals surface area contributed by atoms with Crippen LogP contribution in [0.1, 0.15) is 46.9 Å². The van der Waals surface area contributed by atoms with E-state index < -0.39 is 23.9 Å². The Morgan fingerprint density at radius 2 is 1.89 bits per heavy atom. The summed E-state index contributed by atoms with van der Waals surface area (Å²) in [5.41, 5.74) is 4.44. The van der Waals surface area contributed by atoms with Crippen LogP contribution in [0, 0.1) is 0 Å². The van der Waals surface area contributed by atoms with Gasteiger partial charge in [0, 0.05) is 25.6 Å². The van der Waals surface area contributed by atoms with Crippen molar-refractivity contribution >= 4 is 29.3 Å². The molecule has 2 aromatic carbocycles. The number of carbonyl (C=O) groups excluding carboxylic acids is 2. The van der Waals surface area contributed by atoms with Gasteiger partial charge in [0.25, 0.3) is 11.8 Å². The number of hydrogen-bond donors (Lipinski definition) is 4. The van der Waals surface area contributed by atoms with E-state index >= 15 is 0 Å². The fourth-order valence-corrected chi connectivity index (χ4v) is 4.38. The highest BCUT2D eigenvalue weighted by molar-refractivity contribution is 5.94. The molecule has 0 bridgehead atoms. The molecule has 38 heavy (non-hydrogen) atoms. The van der Waals surface area contributed by atoms with Crippen molar-refractivity contribution in [1.82, 2.24) is 20.8 Å². The zero-order valence-electron chi connectivity index (χ0n) is 21.3. The van der Waals surface area contributed by atoms with E-state index in [0.29, 0.717) is 17.9 Å². The number of hydroxylamine groups is 1. The molecule has 2 unspecified atom stereocenters. The maximum absolute atomic E-state index is 14.5. The lowest BCUT2D eigenvalue weighted by Crippen LogP contribution is -2.37. The summed E-state index contributed by atoms with van der Waals surface area (Å²) in [5.74, 6) is -3.68. The number of benzene rings is 2. The normalized spacial score (nSPS) is 16.4. The molecule has 12 heteroatoms. The van der Waals surface area contributed by atoms with E-state index in [1.165, 1.54) is 33.3 Å². The monoisotopic (exact) mass is 526 g/mol. The van der Waals surface area contributed by atoms with Gasteiger partial charge < -0.3 is 20.7 Å². The number of anilines is 3. The summed E-state index contributed by atoms with van der Waals surface area (Å²) in [6.45, 7) is 2.18. The van der Waals surface area contributed by atoms with Gasteiger partial charge in [-0.05, 0) is 35.7 Å². The highest BCUT2D eigenvalue weighted by atomic mass is 19.3. The zero-order valence-corrected chi connectivity index (χ0v) is 21.3. The minimum absolute atomic E-state index is 0.0273. The number of carbonyl (C=O) groups is 2. The molecule has 2 amide bonds. The van der Waals surface area contributed by atoms with Crippen LogP contribution in [0.3, 0.4) is 0 Å².